The van der Waals surface area contributed by atoms with Crippen molar-refractivity contribution in [3.8, 4) is 0 Å². The Morgan fingerprint density at radius 3 is 1.97 bits per heavy atom. The molecule has 2 N–H and O–H groups in total. The number of benzene rings is 1. The van der Waals surface area contributed by atoms with Crippen molar-refractivity contribution in [2.24, 2.45) is 5.92 Å². The van der Waals surface area contributed by atoms with Crippen LogP contribution in [0.5, 0.6) is 0 Å². The van der Waals surface area contributed by atoms with Gasteiger partial charge in [0.05, 0.1) is 5.52 Å². The van der Waals surface area contributed by atoms with Crippen LogP contribution in [0, 0.1) is 5.92 Å². The van der Waals surface area contributed by atoms with Gasteiger partial charge in [-0.15, -0.1) is 0 Å². The lowest BCUT2D eigenvalue weighted by Gasteiger charge is -2.17. The smallest absolute Gasteiger partial charge is 0.169 e. The summed E-state index contributed by atoms with van der Waals surface area (Å²) in [5.74, 6) is 0.795. The van der Waals surface area contributed by atoms with Crippen molar-refractivity contribution < 1.29 is 4.79 Å². The van der Waals surface area contributed by atoms with Crippen molar-refractivity contribution in [1.82, 2.24) is 25.6 Å². The Morgan fingerprint density at radius 1 is 0.811 bits per heavy atom. The van der Waals surface area contributed by atoms with Crippen LogP contribution in [-0.4, -0.2) is 40.9 Å². The minimum Gasteiger partial charge on any atom is -0.367 e. The summed E-state index contributed by atoms with van der Waals surface area (Å²) in [4.78, 5) is 26.3. The molecule has 6 nitrogen and oxygen atoms in total. The molecule has 0 fully saturated rings. The van der Waals surface area contributed by atoms with Crippen LogP contribution < -0.4 is 10.6 Å². The van der Waals surface area contributed by atoms with Crippen molar-refractivity contribution in [2.75, 3.05) is 11.5 Å². The summed E-state index contributed by atoms with van der Waals surface area (Å²) in [7, 11) is 0. The van der Waals surface area contributed by atoms with E-state index < -0.39 is 0 Å². The number of nitrogens with zero attached hydrogens (tertiary/aromatic N) is 3. The SMILES string of the molecule is O=C(c1cnc2ccccc2c1)C(CSC(=S)NCc1cccnc1)CSC(=S)NCc1cccnc1. The molecule has 0 atom stereocenters. The van der Waals surface area contributed by atoms with Crippen molar-refractivity contribution >= 4 is 73.3 Å². The molecule has 0 saturated carbocycles. The van der Waals surface area contributed by atoms with Gasteiger partial charge in [-0.3, -0.25) is 19.7 Å². The Labute approximate surface area is 235 Å². The molecule has 3 aromatic heterocycles. The van der Waals surface area contributed by atoms with Crippen LogP contribution >= 0.6 is 48.0 Å². The number of ketones is 1. The first-order valence-electron chi connectivity index (χ1n) is 11.6. The first-order chi connectivity index (χ1) is 18.1. The maximum Gasteiger partial charge on any atom is 0.169 e. The largest absolute Gasteiger partial charge is 0.367 e. The lowest BCUT2D eigenvalue weighted by atomic mass is 10.0. The molecule has 0 bridgehead atoms. The van der Waals surface area contributed by atoms with Crippen LogP contribution in [0.4, 0.5) is 0 Å². The van der Waals surface area contributed by atoms with Gasteiger partial charge in [-0.25, -0.2) is 0 Å². The second kappa shape index (κ2) is 14.1. The Hall–Kier alpha value is -2.92. The van der Waals surface area contributed by atoms with E-state index in [2.05, 4.69) is 25.6 Å². The van der Waals surface area contributed by atoms with E-state index in [9.17, 15) is 4.79 Å². The van der Waals surface area contributed by atoms with Crippen LogP contribution in [0.15, 0.2) is 85.6 Å². The fourth-order valence-corrected chi connectivity index (χ4v) is 5.74. The highest BCUT2D eigenvalue weighted by Crippen LogP contribution is 2.23. The number of thioether (sulfide) groups is 2. The molecule has 4 aromatic rings. The summed E-state index contributed by atoms with van der Waals surface area (Å²) in [6.07, 6.45) is 8.74. The molecule has 0 amide bonds. The zero-order valence-corrected chi connectivity index (χ0v) is 23.1. The van der Waals surface area contributed by atoms with Gasteiger partial charge < -0.3 is 10.6 Å². The summed E-state index contributed by atoms with van der Waals surface area (Å²) in [6, 6.07) is 17.4. The number of carbonyl (C=O) groups excluding carboxylic acids is 1. The van der Waals surface area contributed by atoms with E-state index in [1.807, 2.05) is 54.6 Å². The van der Waals surface area contributed by atoms with Gasteiger partial charge in [0.1, 0.15) is 8.64 Å². The van der Waals surface area contributed by atoms with Crippen LogP contribution in [-0.2, 0) is 13.1 Å². The van der Waals surface area contributed by atoms with E-state index in [1.54, 1.807) is 31.0 Å². The van der Waals surface area contributed by atoms with E-state index in [4.69, 9.17) is 24.4 Å². The Morgan fingerprint density at radius 2 is 1.41 bits per heavy atom. The minimum absolute atomic E-state index is 0.0309. The zero-order valence-electron chi connectivity index (χ0n) is 19.9. The summed E-state index contributed by atoms with van der Waals surface area (Å²) >= 11 is 14.0. The van der Waals surface area contributed by atoms with Crippen molar-refractivity contribution in [1.29, 1.82) is 0 Å². The van der Waals surface area contributed by atoms with Gasteiger partial charge in [0, 0.05) is 72.4 Å². The first-order valence-corrected chi connectivity index (χ1v) is 14.4. The number of rotatable bonds is 10. The summed E-state index contributed by atoms with van der Waals surface area (Å²) in [5.41, 5.74) is 3.54. The summed E-state index contributed by atoms with van der Waals surface area (Å²) < 4.78 is 1.28. The lowest BCUT2D eigenvalue weighted by Crippen LogP contribution is -2.26. The molecule has 0 unspecified atom stereocenters. The highest BCUT2D eigenvalue weighted by molar-refractivity contribution is 8.23. The molecular weight excluding hydrogens is 539 g/mol. The van der Waals surface area contributed by atoms with Crippen LogP contribution in [0.3, 0.4) is 0 Å². The fourth-order valence-electron chi connectivity index (χ4n) is 3.45. The third kappa shape index (κ3) is 8.57. The fraction of sp³-hybridized carbons (Fsp3) is 0.185. The number of para-hydroxylation sites is 1. The number of fused-ring (bicyclic) bond motifs is 1. The monoisotopic (exact) mass is 563 g/mol. The number of thiocarbonyl (C=S) groups is 2. The van der Waals surface area contributed by atoms with E-state index in [1.165, 1.54) is 23.5 Å². The van der Waals surface area contributed by atoms with Crippen LogP contribution in [0.1, 0.15) is 21.5 Å². The molecule has 0 radical (unpaired) electrons. The molecule has 0 aliphatic carbocycles. The number of aromatic nitrogens is 3. The normalized spacial score (nSPS) is 10.8. The Bertz CT molecular complexity index is 1300. The van der Waals surface area contributed by atoms with Crippen molar-refractivity contribution in [2.45, 2.75) is 13.1 Å². The summed E-state index contributed by atoms with van der Waals surface area (Å²) in [5, 5.41) is 7.42. The highest BCUT2D eigenvalue weighted by atomic mass is 32.2. The second-order valence-electron chi connectivity index (χ2n) is 8.10. The van der Waals surface area contributed by atoms with Gasteiger partial charge in [-0.1, -0.05) is 78.3 Å². The quantitative estimate of drug-likeness (QED) is 0.192. The van der Waals surface area contributed by atoms with Gasteiger partial charge in [0.15, 0.2) is 5.78 Å². The van der Waals surface area contributed by atoms with E-state index in [0.717, 1.165) is 22.0 Å². The first kappa shape index (κ1) is 27.1. The number of nitrogens with one attached hydrogen (secondary N) is 2. The van der Waals surface area contributed by atoms with Crippen molar-refractivity contribution in [3.05, 3.63) is 102 Å². The number of hydrogen-bond acceptors (Lipinski definition) is 8. The van der Waals surface area contributed by atoms with Crippen LogP contribution in [0.25, 0.3) is 10.9 Å². The molecule has 3 heterocycles. The zero-order chi connectivity index (χ0) is 25.9. The predicted molar refractivity (Wildman–Crippen MR) is 162 cm³/mol. The molecule has 0 spiro atoms. The van der Waals surface area contributed by atoms with Gasteiger partial charge >= 0.3 is 0 Å². The average molecular weight is 564 g/mol. The van der Waals surface area contributed by atoms with E-state index in [-0.39, 0.29) is 11.7 Å². The molecule has 37 heavy (non-hydrogen) atoms. The van der Waals surface area contributed by atoms with Gasteiger partial charge in [0.2, 0.25) is 0 Å². The molecule has 10 heteroatoms. The number of carbonyl (C=O) groups is 1. The molecule has 188 valence electrons. The van der Waals surface area contributed by atoms with Gasteiger partial charge in [0.25, 0.3) is 0 Å². The standard InChI is InChI=1S/C27H25N5OS4/c33-25(22-11-21-7-1-2-8-24(21)30-16-22)23(17-36-26(34)31-14-19-5-3-9-28-12-19)18-37-27(35)32-15-20-6-4-10-29-13-20/h1-13,16,23H,14-15,17-18H2,(H,31,34)(H,32,35). The molecule has 0 saturated heterocycles. The number of hydrogen-bond donors (Lipinski definition) is 2. The van der Waals surface area contributed by atoms with E-state index >= 15 is 0 Å². The molecule has 4 rings (SSSR count). The maximum atomic E-state index is 13.6. The third-order valence-electron chi connectivity index (χ3n) is 5.40. The number of pyridine rings is 3. The Kier molecular flexibility index (Phi) is 10.4. The summed E-state index contributed by atoms with van der Waals surface area (Å²) in [6.45, 7) is 1.17. The maximum absolute atomic E-state index is 13.6. The van der Waals surface area contributed by atoms with Crippen molar-refractivity contribution in [3.63, 3.8) is 0 Å². The topological polar surface area (TPSA) is 79.8 Å². The number of Topliss-reactive ketones (excluding diaryl/α,β-unsaturated/α-hetero) is 1. The lowest BCUT2D eigenvalue weighted by molar-refractivity contribution is 0.0944. The second-order valence-corrected chi connectivity index (χ2v) is 11.5. The molecule has 1 aromatic carbocycles. The molecule has 0 aliphatic rings. The molecule has 0 aliphatic heterocycles. The third-order valence-corrected chi connectivity index (χ3v) is 8.34. The average Bonchev–Trinajstić information content (AvgIpc) is 2.95. The van der Waals surface area contributed by atoms with Crippen LogP contribution in [0.2, 0.25) is 0 Å². The highest BCUT2D eigenvalue weighted by Gasteiger charge is 2.22. The van der Waals surface area contributed by atoms with Gasteiger partial charge in [-0.2, -0.15) is 0 Å². The van der Waals surface area contributed by atoms with E-state index in [0.29, 0.717) is 38.8 Å². The Balaban J connectivity index is 1.38. The minimum atomic E-state index is -0.297. The van der Waals surface area contributed by atoms with Gasteiger partial charge in [-0.05, 0) is 35.4 Å². The predicted octanol–water partition coefficient (Wildman–Crippen LogP) is 5.44. The molecular formula is C27H25N5OS4.